The largest absolute Gasteiger partial charge is 0.460 e. The highest BCUT2D eigenvalue weighted by Crippen LogP contribution is 2.41. The van der Waals surface area contributed by atoms with E-state index in [0.29, 0.717) is 12.3 Å². The van der Waals surface area contributed by atoms with Gasteiger partial charge >= 0.3 is 5.97 Å². The summed E-state index contributed by atoms with van der Waals surface area (Å²) in [5, 5.41) is 2.92. The molecule has 0 bridgehead atoms. The van der Waals surface area contributed by atoms with Gasteiger partial charge in [-0.1, -0.05) is 0 Å². The lowest BCUT2D eigenvalue weighted by Crippen LogP contribution is -2.58. The summed E-state index contributed by atoms with van der Waals surface area (Å²) < 4.78 is 5.37. The van der Waals surface area contributed by atoms with Crippen molar-refractivity contribution >= 4 is 11.9 Å². The van der Waals surface area contributed by atoms with Crippen LogP contribution in [-0.4, -0.2) is 23.5 Å². The first-order valence-corrected chi connectivity index (χ1v) is 5.89. The Morgan fingerprint density at radius 1 is 1.44 bits per heavy atom. The van der Waals surface area contributed by atoms with Gasteiger partial charge in [-0.05, 0) is 39.5 Å². The number of esters is 1. The molecule has 1 heterocycles. The number of hydrogen-bond acceptors (Lipinski definition) is 3. The van der Waals surface area contributed by atoms with E-state index < -0.39 is 5.60 Å². The number of carbonyl (C=O) groups is 2. The molecule has 1 amide bonds. The van der Waals surface area contributed by atoms with Crippen molar-refractivity contribution in [2.24, 2.45) is 11.8 Å². The molecule has 0 spiro atoms. The summed E-state index contributed by atoms with van der Waals surface area (Å²) >= 11 is 0. The second-order valence-corrected chi connectivity index (χ2v) is 5.75. The van der Waals surface area contributed by atoms with Crippen LogP contribution < -0.4 is 5.32 Å². The molecule has 4 heteroatoms. The maximum absolute atomic E-state index is 11.8. The van der Waals surface area contributed by atoms with Gasteiger partial charge in [0.15, 0.2) is 0 Å². The minimum atomic E-state index is -0.417. The Labute approximate surface area is 95.7 Å². The fraction of sp³-hybridized carbons (Fsp3) is 0.833. The average Bonchev–Trinajstić information content (AvgIpc) is 2.06. The molecule has 4 nitrogen and oxygen atoms in total. The Morgan fingerprint density at radius 2 is 2.12 bits per heavy atom. The number of ether oxygens (including phenoxy) is 1. The third kappa shape index (κ3) is 2.20. The van der Waals surface area contributed by atoms with Crippen LogP contribution in [0.25, 0.3) is 0 Å². The first-order chi connectivity index (χ1) is 7.37. The van der Waals surface area contributed by atoms with Crippen LogP contribution >= 0.6 is 0 Å². The Bertz CT molecular complexity index is 319. The predicted molar refractivity (Wildman–Crippen MR) is 58.6 cm³/mol. The number of rotatable bonds is 1. The van der Waals surface area contributed by atoms with Crippen LogP contribution in [0, 0.1) is 11.8 Å². The quantitative estimate of drug-likeness (QED) is 0.683. The topological polar surface area (TPSA) is 55.4 Å². The van der Waals surface area contributed by atoms with Crippen LogP contribution in [-0.2, 0) is 14.3 Å². The van der Waals surface area contributed by atoms with Crippen molar-refractivity contribution in [2.75, 3.05) is 0 Å². The molecule has 1 saturated carbocycles. The summed E-state index contributed by atoms with van der Waals surface area (Å²) in [5.41, 5.74) is -0.417. The van der Waals surface area contributed by atoms with Gasteiger partial charge in [-0.25, -0.2) is 0 Å². The Morgan fingerprint density at radius 3 is 2.69 bits per heavy atom. The van der Waals surface area contributed by atoms with Crippen LogP contribution in [0.3, 0.4) is 0 Å². The van der Waals surface area contributed by atoms with Crippen molar-refractivity contribution < 1.29 is 14.3 Å². The highest BCUT2D eigenvalue weighted by atomic mass is 16.6. The van der Waals surface area contributed by atoms with Crippen LogP contribution in [0.15, 0.2) is 0 Å². The molecule has 0 aromatic carbocycles. The van der Waals surface area contributed by atoms with Crippen molar-refractivity contribution in [3.8, 4) is 0 Å². The lowest BCUT2D eigenvalue weighted by molar-refractivity contribution is -0.170. The third-order valence-corrected chi connectivity index (χ3v) is 3.30. The van der Waals surface area contributed by atoms with Gasteiger partial charge < -0.3 is 10.1 Å². The molecule has 1 N–H and O–H groups in total. The Balaban J connectivity index is 1.90. The smallest absolute Gasteiger partial charge is 0.309 e. The monoisotopic (exact) mass is 225 g/mol. The molecular formula is C12H19NO3. The van der Waals surface area contributed by atoms with Gasteiger partial charge in [0, 0.05) is 12.5 Å². The summed E-state index contributed by atoms with van der Waals surface area (Å²) in [5.74, 6) is 0.297. The molecule has 2 rings (SSSR count). The lowest BCUT2D eigenvalue weighted by Gasteiger charge is -2.46. The molecule has 90 valence electrons. The maximum Gasteiger partial charge on any atom is 0.309 e. The van der Waals surface area contributed by atoms with Gasteiger partial charge in [0.25, 0.3) is 0 Å². The van der Waals surface area contributed by atoms with Crippen molar-refractivity contribution in [3.63, 3.8) is 0 Å². The molecule has 0 aromatic rings. The highest BCUT2D eigenvalue weighted by Gasteiger charge is 2.49. The van der Waals surface area contributed by atoms with E-state index in [-0.39, 0.29) is 23.8 Å². The van der Waals surface area contributed by atoms with E-state index in [2.05, 4.69) is 5.32 Å². The number of nitrogens with one attached hydrogen (secondary N) is 1. The summed E-state index contributed by atoms with van der Waals surface area (Å²) in [4.78, 5) is 23.0. The molecule has 2 aliphatic rings. The molecule has 3 atom stereocenters. The molecule has 1 aliphatic heterocycles. The highest BCUT2D eigenvalue weighted by molar-refractivity contribution is 5.80. The summed E-state index contributed by atoms with van der Waals surface area (Å²) in [6, 6.07) is 0.207. The van der Waals surface area contributed by atoms with Gasteiger partial charge in [-0.2, -0.15) is 0 Å². The van der Waals surface area contributed by atoms with E-state index in [9.17, 15) is 9.59 Å². The van der Waals surface area contributed by atoms with Crippen molar-refractivity contribution in [2.45, 2.75) is 51.7 Å². The minimum Gasteiger partial charge on any atom is -0.460 e. The van der Waals surface area contributed by atoms with Crippen molar-refractivity contribution in [1.29, 1.82) is 0 Å². The molecule has 1 saturated heterocycles. The van der Waals surface area contributed by atoms with Crippen molar-refractivity contribution in [3.05, 3.63) is 0 Å². The molecule has 0 radical (unpaired) electrons. The summed E-state index contributed by atoms with van der Waals surface area (Å²) in [7, 11) is 0. The number of piperidine rings is 1. The molecule has 1 aliphatic carbocycles. The van der Waals surface area contributed by atoms with Crippen molar-refractivity contribution in [1.82, 2.24) is 5.32 Å². The first kappa shape index (κ1) is 11.4. The van der Waals surface area contributed by atoms with Gasteiger partial charge in [-0.3, -0.25) is 9.59 Å². The third-order valence-electron chi connectivity index (χ3n) is 3.30. The summed E-state index contributed by atoms with van der Waals surface area (Å²) in [6.07, 6.45) is 2.10. The average molecular weight is 225 g/mol. The van der Waals surface area contributed by atoms with Crippen LogP contribution in [0.5, 0.6) is 0 Å². The zero-order chi connectivity index (χ0) is 11.9. The minimum absolute atomic E-state index is 0.00942. The van der Waals surface area contributed by atoms with E-state index in [1.54, 1.807) is 0 Å². The number of fused-ring (bicyclic) bond motifs is 1. The Hall–Kier alpha value is -1.06. The first-order valence-electron chi connectivity index (χ1n) is 5.89. The van der Waals surface area contributed by atoms with Crippen LogP contribution in [0.4, 0.5) is 0 Å². The molecule has 0 aromatic heterocycles. The van der Waals surface area contributed by atoms with Gasteiger partial charge in [0.1, 0.15) is 5.60 Å². The van der Waals surface area contributed by atoms with E-state index in [4.69, 9.17) is 4.74 Å². The van der Waals surface area contributed by atoms with Gasteiger partial charge in [0.05, 0.1) is 5.92 Å². The fourth-order valence-corrected chi connectivity index (χ4v) is 2.50. The zero-order valence-electron chi connectivity index (χ0n) is 10.1. The van der Waals surface area contributed by atoms with Gasteiger partial charge in [0.2, 0.25) is 5.91 Å². The SMILES string of the molecule is CC(C)(C)OC(=O)C1CC2NC(=O)CCC21. The molecular weight excluding hydrogens is 206 g/mol. The van der Waals surface area contributed by atoms with E-state index in [0.717, 1.165) is 12.8 Å². The fourth-order valence-electron chi connectivity index (χ4n) is 2.50. The van der Waals surface area contributed by atoms with Gasteiger partial charge in [-0.15, -0.1) is 0 Å². The normalized spacial score (nSPS) is 33.4. The van der Waals surface area contributed by atoms with E-state index in [1.807, 2.05) is 20.8 Å². The number of hydrogen-bond donors (Lipinski definition) is 1. The molecule has 2 fully saturated rings. The maximum atomic E-state index is 11.8. The van der Waals surface area contributed by atoms with Crippen LogP contribution in [0.2, 0.25) is 0 Å². The number of carbonyl (C=O) groups excluding carboxylic acids is 2. The molecule has 3 unspecified atom stereocenters. The lowest BCUT2D eigenvalue weighted by atomic mass is 9.65. The second kappa shape index (κ2) is 3.75. The predicted octanol–water partition coefficient (Wildman–Crippen LogP) is 1.24. The molecule has 16 heavy (non-hydrogen) atoms. The van der Waals surface area contributed by atoms with E-state index in [1.165, 1.54) is 0 Å². The van der Waals surface area contributed by atoms with Crippen LogP contribution in [0.1, 0.15) is 40.0 Å². The van der Waals surface area contributed by atoms with E-state index >= 15 is 0 Å². The zero-order valence-corrected chi connectivity index (χ0v) is 10.1. The Kier molecular flexibility index (Phi) is 2.68. The number of amides is 1. The summed E-state index contributed by atoms with van der Waals surface area (Å²) in [6.45, 7) is 5.64. The standard InChI is InChI=1S/C12H19NO3/c1-12(2,3)16-11(15)8-6-9-7(8)4-5-10(14)13-9/h7-9H,4-6H2,1-3H3,(H,13,14). The second-order valence-electron chi connectivity index (χ2n) is 5.75.